The number of nitrogens with two attached hydrogens (primary N) is 1. The fraction of sp³-hybridized carbons (Fsp3) is 0.562. The van der Waals surface area contributed by atoms with Crippen LogP contribution in [0.3, 0.4) is 0 Å². The molecule has 0 unspecified atom stereocenters. The second-order valence-corrected chi connectivity index (χ2v) is 6.49. The molecule has 1 saturated heterocycles. The van der Waals surface area contributed by atoms with Crippen molar-refractivity contribution in [2.75, 3.05) is 13.1 Å². The summed E-state index contributed by atoms with van der Waals surface area (Å²) in [6.45, 7) is 5.55. The standard InChI is InChI=1S/C16H23F2N3O/c1-16(2,19)15(22)20-12-5-7-21(8-6-12)10-11-3-4-13(17)14(18)9-11/h3-4,9,12H,5-8,10,19H2,1-2H3,(H,20,22). The number of rotatable bonds is 4. The van der Waals surface area contributed by atoms with E-state index in [9.17, 15) is 13.6 Å². The lowest BCUT2D eigenvalue weighted by Crippen LogP contribution is -2.54. The van der Waals surface area contributed by atoms with Crippen LogP contribution in [-0.4, -0.2) is 35.5 Å². The van der Waals surface area contributed by atoms with Crippen LogP contribution in [0.1, 0.15) is 32.3 Å². The predicted molar refractivity (Wildman–Crippen MR) is 81.1 cm³/mol. The van der Waals surface area contributed by atoms with Gasteiger partial charge in [-0.2, -0.15) is 0 Å². The molecule has 6 heteroatoms. The summed E-state index contributed by atoms with van der Waals surface area (Å²) in [5.41, 5.74) is 5.65. The Kier molecular flexibility index (Phi) is 5.13. The maximum atomic E-state index is 13.2. The molecule has 0 aromatic heterocycles. The van der Waals surface area contributed by atoms with Crippen LogP contribution in [-0.2, 0) is 11.3 Å². The summed E-state index contributed by atoms with van der Waals surface area (Å²) in [6, 6.07) is 4.11. The van der Waals surface area contributed by atoms with Crippen LogP contribution >= 0.6 is 0 Å². The normalized spacial score (nSPS) is 17.5. The molecular weight excluding hydrogens is 288 g/mol. The monoisotopic (exact) mass is 311 g/mol. The van der Waals surface area contributed by atoms with Gasteiger partial charge in [-0.25, -0.2) is 8.78 Å². The van der Waals surface area contributed by atoms with Gasteiger partial charge in [0.15, 0.2) is 11.6 Å². The SMILES string of the molecule is CC(C)(N)C(=O)NC1CCN(Cc2ccc(F)c(F)c2)CC1. The van der Waals surface area contributed by atoms with Gasteiger partial charge in [0.05, 0.1) is 5.54 Å². The lowest BCUT2D eigenvalue weighted by Gasteiger charge is -2.33. The van der Waals surface area contributed by atoms with E-state index in [1.165, 1.54) is 6.07 Å². The molecule has 1 aliphatic rings. The number of piperidine rings is 1. The summed E-state index contributed by atoms with van der Waals surface area (Å²) in [5, 5.41) is 2.96. The van der Waals surface area contributed by atoms with Crippen LogP contribution < -0.4 is 11.1 Å². The Balaban J connectivity index is 1.82. The Morgan fingerprint density at radius 2 is 1.95 bits per heavy atom. The highest BCUT2D eigenvalue weighted by molar-refractivity contribution is 5.85. The number of likely N-dealkylation sites (tertiary alicyclic amines) is 1. The van der Waals surface area contributed by atoms with Gasteiger partial charge in [0, 0.05) is 25.7 Å². The van der Waals surface area contributed by atoms with Crippen molar-refractivity contribution in [1.29, 1.82) is 0 Å². The molecule has 1 aromatic carbocycles. The molecule has 0 bridgehead atoms. The summed E-state index contributed by atoms with van der Waals surface area (Å²) in [5.74, 6) is -1.79. The lowest BCUT2D eigenvalue weighted by molar-refractivity contribution is -0.126. The van der Waals surface area contributed by atoms with E-state index in [1.807, 2.05) is 0 Å². The molecule has 1 fully saturated rings. The number of nitrogens with zero attached hydrogens (tertiary/aromatic N) is 1. The van der Waals surface area contributed by atoms with Crippen molar-refractivity contribution in [2.24, 2.45) is 5.73 Å². The van der Waals surface area contributed by atoms with Gasteiger partial charge in [-0.05, 0) is 44.4 Å². The van der Waals surface area contributed by atoms with Gasteiger partial charge in [-0.15, -0.1) is 0 Å². The Morgan fingerprint density at radius 3 is 2.50 bits per heavy atom. The highest BCUT2D eigenvalue weighted by Gasteiger charge is 2.26. The van der Waals surface area contributed by atoms with E-state index in [0.29, 0.717) is 6.54 Å². The van der Waals surface area contributed by atoms with Crippen LogP contribution in [0.15, 0.2) is 18.2 Å². The van der Waals surface area contributed by atoms with Crippen molar-refractivity contribution in [2.45, 2.75) is 44.8 Å². The van der Waals surface area contributed by atoms with Crippen LogP contribution in [0.4, 0.5) is 8.78 Å². The molecule has 2 rings (SSSR count). The number of hydrogen-bond donors (Lipinski definition) is 2. The van der Waals surface area contributed by atoms with E-state index in [4.69, 9.17) is 5.73 Å². The number of halogens is 2. The predicted octanol–water partition coefficient (Wildman–Crippen LogP) is 1.78. The smallest absolute Gasteiger partial charge is 0.239 e. The first-order valence-electron chi connectivity index (χ1n) is 7.52. The molecule has 22 heavy (non-hydrogen) atoms. The van der Waals surface area contributed by atoms with Gasteiger partial charge in [0.2, 0.25) is 5.91 Å². The van der Waals surface area contributed by atoms with Crippen LogP contribution in [0.5, 0.6) is 0 Å². The number of amides is 1. The van der Waals surface area contributed by atoms with Gasteiger partial charge in [0.1, 0.15) is 0 Å². The van der Waals surface area contributed by atoms with Crippen LogP contribution in [0.2, 0.25) is 0 Å². The number of carbonyl (C=O) groups excluding carboxylic acids is 1. The van der Waals surface area contributed by atoms with Crippen LogP contribution in [0, 0.1) is 11.6 Å². The largest absolute Gasteiger partial charge is 0.352 e. The van der Waals surface area contributed by atoms with Crippen molar-refractivity contribution in [3.8, 4) is 0 Å². The molecular formula is C16H23F2N3O. The molecule has 0 radical (unpaired) electrons. The Morgan fingerprint density at radius 1 is 1.32 bits per heavy atom. The van der Waals surface area contributed by atoms with Gasteiger partial charge >= 0.3 is 0 Å². The molecule has 4 nitrogen and oxygen atoms in total. The molecule has 0 atom stereocenters. The highest BCUT2D eigenvalue weighted by Crippen LogP contribution is 2.16. The second kappa shape index (κ2) is 6.71. The third-order valence-electron chi connectivity index (χ3n) is 3.90. The van der Waals surface area contributed by atoms with E-state index < -0.39 is 17.2 Å². The van der Waals surface area contributed by atoms with Gasteiger partial charge in [0.25, 0.3) is 0 Å². The highest BCUT2D eigenvalue weighted by atomic mass is 19.2. The Bertz CT molecular complexity index is 535. The molecule has 1 aliphatic heterocycles. The maximum absolute atomic E-state index is 13.2. The molecule has 1 aromatic rings. The summed E-state index contributed by atoms with van der Waals surface area (Å²) in [7, 11) is 0. The van der Waals surface area contributed by atoms with Crippen molar-refractivity contribution in [1.82, 2.24) is 10.2 Å². The first-order chi connectivity index (χ1) is 10.3. The van der Waals surface area contributed by atoms with E-state index in [1.54, 1.807) is 19.9 Å². The number of nitrogens with one attached hydrogen (secondary N) is 1. The zero-order valence-electron chi connectivity index (χ0n) is 13.0. The zero-order chi connectivity index (χ0) is 16.3. The van der Waals surface area contributed by atoms with E-state index >= 15 is 0 Å². The van der Waals surface area contributed by atoms with Gasteiger partial charge in [-0.1, -0.05) is 6.07 Å². The Hall–Kier alpha value is -1.53. The number of carbonyl (C=O) groups is 1. The molecule has 3 N–H and O–H groups in total. The van der Waals surface area contributed by atoms with Crippen molar-refractivity contribution < 1.29 is 13.6 Å². The fourth-order valence-corrected chi connectivity index (χ4v) is 2.50. The topological polar surface area (TPSA) is 58.4 Å². The molecule has 122 valence electrons. The number of hydrogen-bond acceptors (Lipinski definition) is 3. The third-order valence-corrected chi connectivity index (χ3v) is 3.90. The van der Waals surface area contributed by atoms with Gasteiger partial charge in [-0.3, -0.25) is 9.69 Å². The third kappa shape index (κ3) is 4.48. The van der Waals surface area contributed by atoms with Crippen LogP contribution in [0.25, 0.3) is 0 Å². The summed E-state index contributed by atoms with van der Waals surface area (Å²) in [4.78, 5) is 14.0. The van der Waals surface area contributed by atoms with Crippen molar-refractivity contribution in [3.63, 3.8) is 0 Å². The molecule has 0 saturated carbocycles. The molecule has 1 heterocycles. The maximum Gasteiger partial charge on any atom is 0.239 e. The Labute approximate surface area is 129 Å². The van der Waals surface area contributed by atoms with Crippen molar-refractivity contribution in [3.05, 3.63) is 35.4 Å². The summed E-state index contributed by atoms with van der Waals surface area (Å²) < 4.78 is 26.1. The first-order valence-corrected chi connectivity index (χ1v) is 7.52. The van der Waals surface area contributed by atoms with E-state index in [2.05, 4.69) is 10.2 Å². The zero-order valence-corrected chi connectivity index (χ0v) is 13.0. The average molecular weight is 311 g/mol. The summed E-state index contributed by atoms with van der Waals surface area (Å²) in [6.07, 6.45) is 1.65. The molecule has 0 aliphatic carbocycles. The summed E-state index contributed by atoms with van der Waals surface area (Å²) >= 11 is 0. The molecule has 0 spiro atoms. The minimum absolute atomic E-state index is 0.122. The first kappa shape index (κ1) is 16.8. The fourth-order valence-electron chi connectivity index (χ4n) is 2.50. The number of benzene rings is 1. The van der Waals surface area contributed by atoms with E-state index in [0.717, 1.165) is 37.6 Å². The van der Waals surface area contributed by atoms with Crippen molar-refractivity contribution >= 4 is 5.91 Å². The average Bonchev–Trinajstić information content (AvgIpc) is 2.44. The second-order valence-electron chi connectivity index (χ2n) is 6.49. The molecule has 1 amide bonds. The van der Waals surface area contributed by atoms with E-state index in [-0.39, 0.29) is 11.9 Å². The lowest BCUT2D eigenvalue weighted by atomic mass is 10.0. The minimum Gasteiger partial charge on any atom is -0.352 e. The van der Waals surface area contributed by atoms with Gasteiger partial charge < -0.3 is 11.1 Å². The minimum atomic E-state index is -0.872. The quantitative estimate of drug-likeness (QED) is 0.891.